The predicted molar refractivity (Wildman–Crippen MR) is 193 cm³/mol. The Kier molecular flexibility index (Phi) is 24.3. The Hall–Kier alpha value is -2.31. The van der Waals surface area contributed by atoms with Crippen LogP contribution in [0.5, 0.6) is 0 Å². The molecule has 0 amide bonds. The molecule has 13 atom stereocenters. The van der Waals surface area contributed by atoms with E-state index in [9.17, 15) is 61.0 Å². The minimum atomic E-state index is -1.57. The second-order valence-corrected chi connectivity index (χ2v) is 13.7. The molecule has 0 unspecified atom stereocenters. The first-order valence-electron chi connectivity index (χ1n) is 18.2. The molecule has 1 heterocycles. The van der Waals surface area contributed by atoms with Crippen LogP contribution in [0.4, 0.5) is 0 Å². The van der Waals surface area contributed by atoms with Gasteiger partial charge in [-0.1, -0.05) is 80.9 Å². The molecule has 0 aromatic heterocycles. The molecule has 0 spiro atoms. The monoisotopic (exact) mass is 744 g/mol. The third-order valence-electron chi connectivity index (χ3n) is 8.81. The predicted octanol–water partition coefficient (Wildman–Crippen LogP) is 0.236. The molecule has 11 N–H and O–H groups in total. The molecule has 0 saturated carbocycles. The van der Waals surface area contributed by atoms with Crippen molar-refractivity contribution in [1.82, 2.24) is 0 Å². The van der Waals surface area contributed by atoms with E-state index in [1.165, 1.54) is 13.0 Å². The highest BCUT2D eigenvalue weighted by molar-refractivity contribution is 5.74. The van der Waals surface area contributed by atoms with Crippen molar-refractivity contribution in [2.24, 2.45) is 5.92 Å². The molecular weight excluding hydrogens is 680 g/mol. The summed E-state index contributed by atoms with van der Waals surface area (Å²) in [4.78, 5) is 13.2. The van der Waals surface area contributed by atoms with Crippen molar-refractivity contribution >= 4 is 5.97 Å². The van der Waals surface area contributed by atoms with Crippen molar-refractivity contribution in [3.63, 3.8) is 0 Å². The SMILES string of the molecule is CCCCC[C@@H](O)[C@H]1C(=O)O[C@H](C)[C@@H](O)C=CC=CC=CC=CC=C(C)[C@@H](OC[C@H](O)CO)[C@@H](O)[C@H](O)C[C@H](O)C[C@H](O)C[C@H](O)C[C@H](O)C[C@@H]1O. The second kappa shape index (κ2) is 26.5. The zero-order valence-electron chi connectivity index (χ0n) is 30.6. The highest BCUT2D eigenvalue weighted by Gasteiger charge is 2.38. The summed E-state index contributed by atoms with van der Waals surface area (Å²) in [5, 5.41) is 115. The number of hydrogen-bond donors (Lipinski definition) is 11. The van der Waals surface area contributed by atoms with E-state index >= 15 is 0 Å². The van der Waals surface area contributed by atoms with Crippen LogP contribution in [0.3, 0.4) is 0 Å². The fraction of sp³-hybridized carbons (Fsp3) is 0.711. The fourth-order valence-electron chi connectivity index (χ4n) is 5.78. The molecule has 52 heavy (non-hydrogen) atoms. The highest BCUT2D eigenvalue weighted by Crippen LogP contribution is 2.24. The van der Waals surface area contributed by atoms with Gasteiger partial charge in [0.25, 0.3) is 0 Å². The Bertz CT molecular complexity index is 1120. The number of rotatable bonds is 9. The van der Waals surface area contributed by atoms with Crippen LogP contribution in [0, 0.1) is 5.92 Å². The van der Waals surface area contributed by atoms with E-state index in [1.54, 1.807) is 55.5 Å². The lowest BCUT2D eigenvalue weighted by Gasteiger charge is -2.30. The number of carbonyl (C=O) groups excluding carboxylic acids is 1. The van der Waals surface area contributed by atoms with Crippen LogP contribution in [-0.2, 0) is 14.3 Å². The Balaban J connectivity index is 3.29. The van der Waals surface area contributed by atoms with Gasteiger partial charge in [-0.25, -0.2) is 0 Å². The summed E-state index contributed by atoms with van der Waals surface area (Å²) in [6.07, 6.45) is -0.685. The average molecular weight is 745 g/mol. The number of unbranched alkanes of at least 4 members (excludes halogenated alkanes) is 2. The van der Waals surface area contributed by atoms with Gasteiger partial charge in [-0.15, -0.1) is 0 Å². The van der Waals surface area contributed by atoms with E-state index in [2.05, 4.69) is 0 Å². The summed E-state index contributed by atoms with van der Waals surface area (Å²) < 4.78 is 11.0. The molecule has 0 bridgehead atoms. The first-order valence-corrected chi connectivity index (χ1v) is 18.2. The maximum absolute atomic E-state index is 13.2. The number of cyclic esters (lactones) is 1. The molecule has 0 fully saturated rings. The van der Waals surface area contributed by atoms with Crippen molar-refractivity contribution in [3.05, 3.63) is 60.3 Å². The maximum Gasteiger partial charge on any atom is 0.314 e. The van der Waals surface area contributed by atoms with Gasteiger partial charge < -0.3 is 65.6 Å². The topological polar surface area (TPSA) is 258 Å². The minimum Gasteiger partial charge on any atom is -0.459 e. The highest BCUT2D eigenvalue weighted by atomic mass is 16.6. The third-order valence-corrected chi connectivity index (χ3v) is 8.81. The summed E-state index contributed by atoms with van der Waals surface area (Å²) in [6, 6.07) is 0. The zero-order chi connectivity index (χ0) is 39.2. The fourth-order valence-corrected chi connectivity index (χ4v) is 5.78. The molecule has 14 nitrogen and oxygen atoms in total. The number of hydrogen-bond acceptors (Lipinski definition) is 14. The average Bonchev–Trinajstić information content (AvgIpc) is 3.06. The lowest BCUT2D eigenvalue weighted by molar-refractivity contribution is -0.168. The normalized spacial score (nSPS) is 34.2. The molecule has 300 valence electrons. The Morgan fingerprint density at radius 3 is 1.85 bits per heavy atom. The van der Waals surface area contributed by atoms with Gasteiger partial charge in [-0.2, -0.15) is 0 Å². The Morgan fingerprint density at radius 2 is 1.29 bits per heavy atom. The number of allylic oxidation sites excluding steroid dienone is 8. The number of aliphatic hydroxyl groups is 11. The molecule has 1 aliphatic heterocycles. The van der Waals surface area contributed by atoms with Crippen molar-refractivity contribution < 1.29 is 70.4 Å². The van der Waals surface area contributed by atoms with Gasteiger partial charge in [-0.3, -0.25) is 4.79 Å². The van der Waals surface area contributed by atoms with E-state index in [0.717, 1.165) is 12.8 Å². The third kappa shape index (κ3) is 19.1. The van der Waals surface area contributed by atoms with Crippen molar-refractivity contribution in [2.45, 2.75) is 152 Å². The van der Waals surface area contributed by atoms with Crippen LogP contribution >= 0.6 is 0 Å². The summed E-state index contributed by atoms with van der Waals surface area (Å²) in [5.41, 5.74) is 0.454. The summed E-state index contributed by atoms with van der Waals surface area (Å²) in [6.45, 7) is 4.11. The summed E-state index contributed by atoms with van der Waals surface area (Å²) in [5.74, 6) is -2.40. The number of ether oxygens (including phenoxy) is 2. The van der Waals surface area contributed by atoms with Gasteiger partial charge in [0.15, 0.2) is 0 Å². The molecule has 0 aromatic carbocycles. The Morgan fingerprint density at radius 1 is 0.769 bits per heavy atom. The first kappa shape index (κ1) is 47.7. The van der Waals surface area contributed by atoms with Crippen LogP contribution < -0.4 is 0 Å². The molecule has 1 rings (SSSR count). The maximum atomic E-state index is 13.2. The lowest BCUT2D eigenvalue weighted by atomic mass is 9.87. The quantitative estimate of drug-likeness (QED) is 0.112. The summed E-state index contributed by atoms with van der Waals surface area (Å²) >= 11 is 0. The molecule has 0 saturated heterocycles. The van der Waals surface area contributed by atoms with E-state index in [0.29, 0.717) is 12.0 Å². The van der Waals surface area contributed by atoms with E-state index < -0.39 is 98.2 Å². The number of esters is 1. The first-order chi connectivity index (χ1) is 24.6. The summed E-state index contributed by atoms with van der Waals surface area (Å²) in [7, 11) is 0. The van der Waals surface area contributed by atoms with Gasteiger partial charge in [0.2, 0.25) is 0 Å². The van der Waals surface area contributed by atoms with Gasteiger partial charge in [-0.05, 0) is 45.1 Å². The second-order valence-electron chi connectivity index (χ2n) is 13.7. The van der Waals surface area contributed by atoms with E-state index in [4.69, 9.17) is 9.47 Å². The Labute approximate surface area is 307 Å². The van der Waals surface area contributed by atoms with Gasteiger partial charge >= 0.3 is 5.97 Å². The van der Waals surface area contributed by atoms with E-state index in [1.807, 2.05) is 6.92 Å². The van der Waals surface area contributed by atoms with Crippen LogP contribution in [-0.4, -0.2) is 149 Å². The molecule has 0 radical (unpaired) electrons. The van der Waals surface area contributed by atoms with E-state index in [-0.39, 0.29) is 38.7 Å². The number of aliphatic hydroxyl groups excluding tert-OH is 11. The molecule has 14 heteroatoms. The molecule has 0 aliphatic carbocycles. The largest absolute Gasteiger partial charge is 0.459 e. The van der Waals surface area contributed by atoms with Crippen molar-refractivity contribution in [2.75, 3.05) is 13.2 Å². The molecule has 1 aliphatic rings. The van der Waals surface area contributed by atoms with Gasteiger partial charge in [0.05, 0.1) is 55.9 Å². The van der Waals surface area contributed by atoms with Crippen molar-refractivity contribution in [3.8, 4) is 0 Å². The van der Waals surface area contributed by atoms with Crippen LogP contribution in [0.2, 0.25) is 0 Å². The zero-order valence-corrected chi connectivity index (χ0v) is 30.6. The van der Waals surface area contributed by atoms with Gasteiger partial charge in [0.1, 0.15) is 36.4 Å². The molecule has 0 aromatic rings. The lowest BCUT2D eigenvalue weighted by Crippen LogP contribution is -2.43. The molecular formula is C38H64O14. The van der Waals surface area contributed by atoms with Gasteiger partial charge in [0, 0.05) is 12.8 Å². The van der Waals surface area contributed by atoms with Crippen molar-refractivity contribution in [1.29, 1.82) is 0 Å². The van der Waals surface area contributed by atoms with Crippen LogP contribution in [0.25, 0.3) is 0 Å². The number of carbonyl (C=O) groups is 1. The van der Waals surface area contributed by atoms with Crippen LogP contribution in [0.1, 0.15) is 78.6 Å². The van der Waals surface area contributed by atoms with Crippen LogP contribution in [0.15, 0.2) is 60.3 Å². The minimum absolute atomic E-state index is 0.185. The smallest absolute Gasteiger partial charge is 0.314 e. The standard InChI is InChI=1S/C38H64O14/c1-4-5-11-16-32(46)35-33(47)20-28(42)18-26(40)17-27(41)19-29(43)21-34(48)36(49)37(51-23-30(44)22-39)24(2)14-12-9-7-6-8-10-13-15-31(45)25(3)52-38(35)50/h6-10,12-15,25-37,39-49H,4-5,11,16-23H2,1-3H3/t25-,26+,27-,28+,29-,30-,31+,32-,33+,34-,35-,36+,37-/m1/s1.